The third-order valence-electron chi connectivity index (χ3n) is 3.58. The summed E-state index contributed by atoms with van der Waals surface area (Å²) in [7, 11) is 0. The molecule has 0 aliphatic carbocycles. The highest BCUT2D eigenvalue weighted by Gasteiger charge is 2.09. The molecule has 0 radical (unpaired) electrons. The van der Waals surface area contributed by atoms with E-state index in [1.54, 1.807) is 0 Å². The van der Waals surface area contributed by atoms with E-state index in [0.717, 1.165) is 18.8 Å². The summed E-state index contributed by atoms with van der Waals surface area (Å²) in [6.45, 7) is 7.32. The summed E-state index contributed by atoms with van der Waals surface area (Å²) in [6.07, 6.45) is 0. The second-order valence-corrected chi connectivity index (χ2v) is 6.32. The second-order valence-electron chi connectivity index (χ2n) is 6.32. The Morgan fingerprint density at radius 2 is 1.71 bits per heavy atom. The van der Waals surface area contributed by atoms with Crippen LogP contribution in [0.2, 0.25) is 0 Å². The molecule has 0 spiro atoms. The number of hydroxylamine groups is 2. The Morgan fingerprint density at radius 1 is 1.00 bits per heavy atom. The van der Waals surface area contributed by atoms with Gasteiger partial charge in [-0.1, -0.05) is 56.3 Å². The minimum atomic E-state index is 0.136. The van der Waals surface area contributed by atoms with Gasteiger partial charge in [0.05, 0.1) is 13.2 Å². The summed E-state index contributed by atoms with van der Waals surface area (Å²) < 4.78 is 0. The first kappa shape index (κ1) is 18.5. The fourth-order valence-electron chi connectivity index (χ4n) is 2.44. The molecule has 2 aromatic rings. The highest BCUT2D eigenvalue weighted by Crippen LogP contribution is 2.14. The van der Waals surface area contributed by atoms with E-state index in [1.165, 1.54) is 11.1 Å². The summed E-state index contributed by atoms with van der Waals surface area (Å²) in [4.78, 5) is 6.02. The molecule has 0 heterocycles. The van der Waals surface area contributed by atoms with Crippen LogP contribution in [0.5, 0.6) is 0 Å². The maximum absolute atomic E-state index is 8.85. The van der Waals surface area contributed by atoms with Gasteiger partial charge < -0.3 is 10.4 Å². The molecule has 0 fully saturated rings. The van der Waals surface area contributed by atoms with Gasteiger partial charge in [0.25, 0.3) is 0 Å². The molecule has 24 heavy (non-hydrogen) atoms. The quantitative estimate of drug-likeness (QED) is 0.653. The standard InChI is InChI=1S/C20H28N2O2/c1-17(2)14-22(24-16-19-6-4-3-5-7-19)15-18-8-10-20(11-9-18)21-12-13-23/h3-11,17,21,23H,12-16H2,1-2H3. The summed E-state index contributed by atoms with van der Waals surface area (Å²) in [5.41, 5.74) is 3.40. The van der Waals surface area contributed by atoms with Crippen LogP contribution in [-0.2, 0) is 18.0 Å². The van der Waals surface area contributed by atoms with Crippen molar-refractivity contribution in [3.05, 3.63) is 65.7 Å². The molecule has 4 heteroatoms. The van der Waals surface area contributed by atoms with Crippen LogP contribution in [0.1, 0.15) is 25.0 Å². The van der Waals surface area contributed by atoms with Crippen LogP contribution in [-0.4, -0.2) is 29.9 Å². The minimum absolute atomic E-state index is 0.136. The van der Waals surface area contributed by atoms with Gasteiger partial charge in [0.2, 0.25) is 0 Å². The largest absolute Gasteiger partial charge is 0.395 e. The molecule has 130 valence electrons. The van der Waals surface area contributed by atoms with E-state index in [0.29, 0.717) is 19.1 Å². The van der Waals surface area contributed by atoms with Gasteiger partial charge in [-0.2, -0.15) is 5.06 Å². The molecule has 0 aromatic heterocycles. The Morgan fingerprint density at radius 3 is 2.33 bits per heavy atom. The predicted octanol–water partition coefficient (Wildman–Crippen LogP) is 3.68. The van der Waals surface area contributed by atoms with Gasteiger partial charge in [-0.15, -0.1) is 0 Å². The smallest absolute Gasteiger partial charge is 0.0936 e. The van der Waals surface area contributed by atoms with Crippen LogP contribution < -0.4 is 5.32 Å². The van der Waals surface area contributed by atoms with Crippen molar-refractivity contribution in [2.45, 2.75) is 27.0 Å². The zero-order valence-electron chi connectivity index (χ0n) is 14.6. The fraction of sp³-hybridized carbons (Fsp3) is 0.400. The van der Waals surface area contributed by atoms with Gasteiger partial charge in [-0.25, -0.2) is 0 Å². The van der Waals surface area contributed by atoms with Crippen molar-refractivity contribution in [1.82, 2.24) is 5.06 Å². The van der Waals surface area contributed by atoms with Crippen molar-refractivity contribution in [3.8, 4) is 0 Å². The maximum Gasteiger partial charge on any atom is 0.0936 e. The van der Waals surface area contributed by atoms with Crippen molar-refractivity contribution in [2.24, 2.45) is 5.92 Å². The first-order valence-electron chi connectivity index (χ1n) is 8.53. The van der Waals surface area contributed by atoms with E-state index in [4.69, 9.17) is 9.94 Å². The lowest BCUT2D eigenvalue weighted by molar-refractivity contribution is -0.182. The van der Waals surface area contributed by atoms with Gasteiger partial charge in [0.1, 0.15) is 0 Å². The highest BCUT2D eigenvalue weighted by atomic mass is 16.7. The average Bonchev–Trinajstić information content (AvgIpc) is 2.59. The molecule has 0 atom stereocenters. The lowest BCUT2D eigenvalue weighted by Gasteiger charge is -2.24. The number of hydrogen-bond donors (Lipinski definition) is 2. The first-order chi connectivity index (χ1) is 11.7. The van der Waals surface area contributed by atoms with Gasteiger partial charge in [0, 0.05) is 25.3 Å². The maximum atomic E-state index is 8.85. The SMILES string of the molecule is CC(C)CN(Cc1ccc(NCCO)cc1)OCc1ccccc1. The molecule has 0 saturated heterocycles. The highest BCUT2D eigenvalue weighted by molar-refractivity contribution is 5.44. The first-order valence-corrected chi connectivity index (χ1v) is 8.53. The van der Waals surface area contributed by atoms with Gasteiger partial charge in [0.15, 0.2) is 0 Å². The van der Waals surface area contributed by atoms with Crippen molar-refractivity contribution in [3.63, 3.8) is 0 Å². The number of benzene rings is 2. The van der Waals surface area contributed by atoms with Crippen molar-refractivity contribution < 1.29 is 9.94 Å². The predicted molar refractivity (Wildman–Crippen MR) is 98.5 cm³/mol. The van der Waals surface area contributed by atoms with E-state index < -0.39 is 0 Å². The average molecular weight is 328 g/mol. The number of aliphatic hydroxyl groups excluding tert-OH is 1. The molecule has 0 unspecified atom stereocenters. The monoisotopic (exact) mass is 328 g/mol. The zero-order valence-corrected chi connectivity index (χ0v) is 14.6. The summed E-state index contributed by atoms with van der Waals surface area (Å²) in [6, 6.07) is 18.5. The molecule has 0 aliphatic heterocycles. The molecule has 2 N–H and O–H groups in total. The molecular formula is C20H28N2O2. The third kappa shape index (κ3) is 6.71. The van der Waals surface area contributed by atoms with Crippen LogP contribution in [0.15, 0.2) is 54.6 Å². The normalized spacial score (nSPS) is 11.2. The van der Waals surface area contributed by atoms with E-state index >= 15 is 0 Å². The molecular weight excluding hydrogens is 300 g/mol. The molecule has 0 aliphatic rings. The number of anilines is 1. The zero-order chi connectivity index (χ0) is 17.2. The molecule has 2 rings (SSSR count). The topological polar surface area (TPSA) is 44.7 Å². The van der Waals surface area contributed by atoms with Crippen molar-refractivity contribution >= 4 is 5.69 Å². The van der Waals surface area contributed by atoms with Gasteiger partial charge >= 0.3 is 0 Å². The Hall–Kier alpha value is -1.88. The van der Waals surface area contributed by atoms with E-state index in [2.05, 4.69) is 43.4 Å². The number of rotatable bonds is 10. The van der Waals surface area contributed by atoms with E-state index in [-0.39, 0.29) is 6.61 Å². The third-order valence-corrected chi connectivity index (χ3v) is 3.58. The van der Waals surface area contributed by atoms with E-state index in [9.17, 15) is 0 Å². The number of nitrogens with zero attached hydrogens (tertiary/aromatic N) is 1. The van der Waals surface area contributed by atoms with Crippen LogP contribution in [0.25, 0.3) is 0 Å². The van der Waals surface area contributed by atoms with Crippen LogP contribution in [0, 0.1) is 5.92 Å². The Bertz CT molecular complexity index is 570. The summed E-state index contributed by atoms with van der Waals surface area (Å²) in [5.74, 6) is 0.534. The van der Waals surface area contributed by atoms with E-state index in [1.807, 2.05) is 35.4 Å². The van der Waals surface area contributed by atoms with Crippen molar-refractivity contribution in [2.75, 3.05) is 25.0 Å². The van der Waals surface area contributed by atoms with Gasteiger partial charge in [-0.3, -0.25) is 4.84 Å². The molecule has 0 amide bonds. The molecule has 4 nitrogen and oxygen atoms in total. The summed E-state index contributed by atoms with van der Waals surface area (Å²) >= 11 is 0. The number of hydrogen-bond acceptors (Lipinski definition) is 4. The van der Waals surface area contributed by atoms with Crippen LogP contribution in [0.3, 0.4) is 0 Å². The number of nitrogens with one attached hydrogen (secondary N) is 1. The lowest BCUT2D eigenvalue weighted by atomic mass is 10.2. The van der Waals surface area contributed by atoms with Gasteiger partial charge in [-0.05, 0) is 29.2 Å². The molecule has 0 bridgehead atoms. The Balaban J connectivity index is 1.92. The van der Waals surface area contributed by atoms with Crippen molar-refractivity contribution in [1.29, 1.82) is 0 Å². The Kier molecular flexibility index (Phi) is 7.75. The molecule has 0 saturated carbocycles. The number of aliphatic hydroxyl groups is 1. The minimum Gasteiger partial charge on any atom is -0.395 e. The molecule has 2 aromatic carbocycles. The lowest BCUT2D eigenvalue weighted by Crippen LogP contribution is -2.27. The fourth-order valence-corrected chi connectivity index (χ4v) is 2.44. The second kappa shape index (κ2) is 10.1. The Labute approximate surface area is 145 Å². The summed E-state index contributed by atoms with van der Waals surface area (Å²) in [5, 5.41) is 14.0. The van der Waals surface area contributed by atoms with Crippen LogP contribution >= 0.6 is 0 Å². The van der Waals surface area contributed by atoms with Crippen LogP contribution in [0.4, 0.5) is 5.69 Å².